The van der Waals surface area contributed by atoms with E-state index in [4.69, 9.17) is 15.3 Å². The zero-order chi connectivity index (χ0) is 9.40. The van der Waals surface area contributed by atoms with Crippen LogP contribution in [0.3, 0.4) is 0 Å². The Morgan fingerprint density at radius 3 is 1.75 bits per heavy atom. The Balaban J connectivity index is 3.84. The van der Waals surface area contributed by atoms with Crippen LogP contribution < -0.4 is 0 Å². The van der Waals surface area contributed by atoms with Crippen LogP contribution >= 0.6 is 0 Å². The van der Waals surface area contributed by atoms with Gasteiger partial charge in [0.2, 0.25) is 0 Å². The van der Waals surface area contributed by atoms with Gasteiger partial charge in [-0.25, -0.2) is 0 Å². The van der Waals surface area contributed by atoms with Gasteiger partial charge in [-0.2, -0.15) is 0 Å². The number of aliphatic hydroxyl groups is 3. The molecule has 0 radical (unpaired) electrons. The van der Waals surface area contributed by atoms with E-state index in [1.807, 2.05) is 0 Å². The summed E-state index contributed by atoms with van der Waals surface area (Å²) >= 11 is 0. The molecule has 3 heteroatoms. The highest BCUT2D eigenvalue weighted by Gasteiger charge is 2.18. The van der Waals surface area contributed by atoms with E-state index in [2.05, 4.69) is 6.92 Å². The molecule has 0 amide bonds. The molecule has 0 aliphatic carbocycles. The van der Waals surface area contributed by atoms with Crippen molar-refractivity contribution in [2.75, 3.05) is 19.8 Å². The van der Waals surface area contributed by atoms with Gasteiger partial charge in [0.15, 0.2) is 0 Å². The highest BCUT2D eigenvalue weighted by atomic mass is 16.3. The molecular formula is C9H20O3. The van der Waals surface area contributed by atoms with Gasteiger partial charge in [-0.3, -0.25) is 0 Å². The molecule has 0 aliphatic rings. The van der Waals surface area contributed by atoms with Crippen LogP contribution in [0.2, 0.25) is 0 Å². The van der Waals surface area contributed by atoms with Gasteiger partial charge >= 0.3 is 0 Å². The highest BCUT2D eigenvalue weighted by Crippen LogP contribution is 2.19. The minimum atomic E-state index is 0.0555. The zero-order valence-corrected chi connectivity index (χ0v) is 7.74. The molecule has 0 saturated carbocycles. The number of rotatable bonds is 7. The molecule has 0 aromatic rings. The van der Waals surface area contributed by atoms with Crippen molar-refractivity contribution in [3.05, 3.63) is 0 Å². The summed E-state index contributed by atoms with van der Waals surface area (Å²) in [5.41, 5.74) is 0. The lowest BCUT2D eigenvalue weighted by Crippen LogP contribution is -2.23. The van der Waals surface area contributed by atoms with E-state index in [1.165, 1.54) is 0 Å². The van der Waals surface area contributed by atoms with Crippen LogP contribution in [0.1, 0.15) is 26.2 Å². The highest BCUT2D eigenvalue weighted by molar-refractivity contribution is 4.68. The number of hydrogen-bond acceptors (Lipinski definition) is 3. The molecule has 0 spiro atoms. The van der Waals surface area contributed by atoms with Crippen molar-refractivity contribution in [2.24, 2.45) is 11.8 Å². The first-order valence-electron chi connectivity index (χ1n) is 4.62. The van der Waals surface area contributed by atoms with Gasteiger partial charge < -0.3 is 15.3 Å². The van der Waals surface area contributed by atoms with Gasteiger partial charge in [0.25, 0.3) is 0 Å². The Bertz CT molecular complexity index is 83.8. The molecule has 74 valence electrons. The third-order valence-electron chi connectivity index (χ3n) is 2.30. The first-order valence-corrected chi connectivity index (χ1v) is 4.62. The Hall–Kier alpha value is -0.120. The summed E-state index contributed by atoms with van der Waals surface area (Å²) in [6.45, 7) is 2.31. The van der Waals surface area contributed by atoms with E-state index in [0.717, 1.165) is 12.8 Å². The smallest absolute Gasteiger partial charge is 0.0463 e. The van der Waals surface area contributed by atoms with Crippen LogP contribution in [-0.4, -0.2) is 35.1 Å². The fourth-order valence-electron chi connectivity index (χ4n) is 1.49. The molecule has 0 aromatic heterocycles. The summed E-state index contributed by atoms with van der Waals surface area (Å²) in [6, 6.07) is 0. The fourth-order valence-corrected chi connectivity index (χ4v) is 1.49. The maximum absolute atomic E-state index is 8.99. The lowest BCUT2D eigenvalue weighted by atomic mass is 9.87. The molecule has 0 rings (SSSR count). The third-order valence-corrected chi connectivity index (χ3v) is 2.30. The maximum Gasteiger partial charge on any atom is 0.0463 e. The Morgan fingerprint density at radius 1 is 0.917 bits per heavy atom. The van der Waals surface area contributed by atoms with E-state index in [9.17, 15) is 0 Å². The van der Waals surface area contributed by atoms with E-state index >= 15 is 0 Å². The molecular weight excluding hydrogens is 156 g/mol. The minimum absolute atomic E-state index is 0.0555. The predicted molar refractivity (Wildman–Crippen MR) is 47.8 cm³/mol. The third kappa shape index (κ3) is 4.04. The molecule has 3 nitrogen and oxygen atoms in total. The fraction of sp³-hybridized carbons (Fsp3) is 1.00. The quantitative estimate of drug-likeness (QED) is 0.526. The molecule has 0 bridgehead atoms. The van der Waals surface area contributed by atoms with Crippen molar-refractivity contribution in [1.82, 2.24) is 0 Å². The SMILES string of the molecule is CCCC(CO)C(CO)CCO. The molecule has 0 aliphatic heterocycles. The van der Waals surface area contributed by atoms with Gasteiger partial charge in [-0.15, -0.1) is 0 Å². The second-order valence-electron chi connectivity index (χ2n) is 3.19. The first kappa shape index (κ1) is 11.9. The Kier molecular flexibility index (Phi) is 7.45. The van der Waals surface area contributed by atoms with E-state index in [0.29, 0.717) is 6.42 Å². The Labute approximate surface area is 74.0 Å². The predicted octanol–water partition coefficient (Wildman–Crippen LogP) is 0.386. The van der Waals surface area contributed by atoms with Crippen molar-refractivity contribution in [3.63, 3.8) is 0 Å². The Morgan fingerprint density at radius 2 is 1.42 bits per heavy atom. The first-order chi connectivity index (χ1) is 5.79. The van der Waals surface area contributed by atoms with Gasteiger partial charge in [0.05, 0.1) is 0 Å². The molecule has 0 fully saturated rings. The summed E-state index contributed by atoms with van der Waals surface area (Å²) in [5, 5.41) is 26.6. The van der Waals surface area contributed by atoms with Gasteiger partial charge in [0, 0.05) is 19.8 Å². The second kappa shape index (κ2) is 7.53. The van der Waals surface area contributed by atoms with E-state index in [-0.39, 0.29) is 31.7 Å². The summed E-state index contributed by atoms with van der Waals surface area (Å²) < 4.78 is 0. The van der Waals surface area contributed by atoms with Crippen LogP contribution in [0.15, 0.2) is 0 Å². The molecule has 3 N–H and O–H groups in total. The molecule has 2 atom stereocenters. The lowest BCUT2D eigenvalue weighted by molar-refractivity contribution is 0.0930. The van der Waals surface area contributed by atoms with Gasteiger partial charge in [0.1, 0.15) is 0 Å². The van der Waals surface area contributed by atoms with Crippen molar-refractivity contribution in [3.8, 4) is 0 Å². The molecule has 0 heterocycles. The summed E-state index contributed by atoms with van der Waals surface area (Å²) in [7, 11) is 0. The second-order valence-corrected chi connectivity index (χ2v) is 3.19. The van der Waals surface area contributed by atoms with E-state index in [1.54, 1.807) is 0 Å². The molecule has 0 aromatic carbocycles. The largest absolute Gasteiger partial charge is 0.396 e. The zero-order valence-electron chi connectivity index (χ0n) is 7.74. The van der Waals surface area contributed by atoms with Crippen molar-refractivity contribution < 1.29 is 15.3 Å². The van der Waals surface area contributed by atoms with Crippen LogP contribution in [0.4, 0.5) is 0 Å². The lowest BCUT2D eigenvalue weighted by Gasteiger charge is -2.22. The summed E-state index contributed by atoms with van der Waals surface area (Å²) in [4.78, 5) is 0. The van der Waals surface area contributed by atoms with Crippen LogP contribution in [0.25, 0.3) is 0 Å². The van der Waals surface area contributed by atoms with Gasteiger partial charge in [-0.05, 0) is 24.7 Å². The average molecular weight is 176 g/mol. The number of hydrogen-bond donors (Lipinski definition) is 3. The van der Waals surface area contributed by atoms with E-state index < -0.39 is 0 Å². The van der Waals surface area contributed by atoms with Crippen molar-refractivity contribution >= 4 is 0 Å². The normalized spacial score (nSPS) is 16.0. The topological polar surface area (TPSA) is 60.7 Å². The average Bonchev–Trinajstić information content (AvgIpc) is 2.11. The standard InChI is InChI=1S/C9H20O3/c1-2-3-8(6-11)9(7-12)4-5-10/h8-12H,2-7H2,1H3. The summed E-state index contributed by atoms with van der Waals surface area (Å²) in [5.74, 6) is 0.201. The molecule has 2 unspecified atom stereocenters. The summed E-state index contributed by atoms with van der Waals surface area (Å²) in [6.07, 6.45) is 2.51. The molecule has 12 heavy (non-hydrogen) atoms. The number of aliphatic hydroxyl groups excluding tert-OH is 3. The van der Waals surface area contributed by atoms with Crippen molar-refractivity contribution in [1.29, 1.82) is 0 Å². The van der Waals surface area contributed by atoms with Crippen LogP contribution in [0, 0.1) is 11.8 Å². The van der Waals surface area contributed by atoms with Crippen molar-refractivity contribution in [2.45, 2.75) is 26.2 Å². The minimum Gasteiger partial charge on any atom is -0.396 e. The van der Waals surface area contributed by atoms with Crippen LogP contribution in [0.5, 0.6) is 0 Å². The molecule has 0 saturated heterocycles. The maximum atomic E-state index is 8.99. The monoisotopic (exact) mass is 176 g/mol. The van der Waals surface area contributed by atoms with Gasteiger partial charge in [-0.1, -0.05) is 13.3 Å². The van der Waals surface area contributed by atoms with Crippen LogP contribution in [-0.2, 0) is 0 Å².